The van der Waals surface area contributed by atoms with Gasteiger partial charge in [0.2, 0.25) is 0 Å². The molecule has 0 radical (unpaired) electrons. The summed E-state index contributed by atoms with van der Waals surface area (Å²) in [5, 5.41) is 0. The van der Waals surface area contributed by atoms with Gasteiger partial charge in [-0.1, -0.05) is 6.07 Å². The summed E-state index contributed by atoms with van der Waals surface area (Å²) in [7, 11) is 5.64. The molecule has 3 rings (SSSR count). The SMILES string of the molecule is COc1ccc(CN2CCN3CCN(C)CC3C2)c(OC)c1. The Morgan fingerprint density at radius 3 is 2.64 bits per heavy atom. The highest BCUT2D eigenvalue weighted by Crippen LogP contribution is 2.26. The van der Waals surface area contributed by atoms with Gasteiger partial charge in [0.05, 0.1) is 14.2 Å². The lowest BCUT2D eigenvalue weighted by Crippen LogP contribution is -2.61. The molecule has 0 N–H and O–H groups in total. The zero-order chi connectivity index (χ0) is 15.5. The molecule has 2 fully saturated rings. The molecule has 0 bridgehead atoms. The number of hydrogen-bond donors (Lipinski definition) is 0. The lowest BCUT2D eigenvalue weighted by Gasteiger charge is -2.46. The number of piperazine rings is 2. The number of methoxy groups -OCH3 is 2. The molecule has 1 unspecified atom stereocenters. The van der Waals surface area contributed by atoms with E-state index >= 15 is 0 Å². The number of hydrogen-bond acceptors (Lipinski definition) is 5. The summed E-state index contributed by atoms with van der Waals surface area (Å²) >= 11 is 0. The monoisotopic (exact) mass is 305 g/mol. The smallest absolute Gasteiger partial charge is 0.127 e. The number of ether oxygens (including phenoxy) is 2. The van der Waals surface area contributed by atoms with Crippen molar-refractivity contribution < 1.29 is 9.47 Å². The molecule has 1 atom stereocenters. The van der Waals surface area contributed by atoms with Gasteiger partial charge >= 0.3 is 0 Å². The van der Waals surface area contributed by atoms with Crippen LogP contribution >= 0.6 is 0 Å². The molecular weight excluding hydrogens is 278 g/mol. The average molecular weight is 305 g/mol. The molecule has 2 aliphatic heterocycles. The predicted molar refractivity (Wildman–Crippen MR) is 87.7 cm³/mol. The molecular formula is C17H27N3O2. The molecule has 2 heterocycles. The van der Waals surface area contributed by atoms with Gasteiger partial charge in [0.25, 0.3) is 0 Å². The normalized spacial score (nSPS) is 24.0. The summed E-state index contributed by atoms with van der Waals surface area (Å²) in [6, 6.07) is 6.77. The molecule has 0 saturated carbocycles. The Labute approximate surface area is 133 Å². The van der Waals surface area contributed by atoms with E-state index in [0.29, 0.717) is 6.04 Å². The van der Waals surface area contributed by atoms with Gasteiger partial charge in [0.15, 0.2) is 0 Å². The van der Waals surface area contributed by atoms with Crippen molar-refractivity contribution in [3.63, 3.8) is 0 Å². The Bertz CT molecular complexity index is 509. The van der Waals surface area contributed by atoms with Crippen molar-refractivity contribution >= 4 is 0 Å². The van der Waals surface area contributed by atoms with Crippen molar-refractivity contribution in [3.05, 3.63) is 23.8 Å². The van der Waals surface area contributed by atoms with E-state index in [1.165, 1.54) is 31.7 Å². The molecule has 2 saturated heterocycles. The van der Waals surface area contributed by atoms with E-state index in [0.717, 1.165) is 31.1 Å². The van der Waals surface area contributed by atoms with Crippen LogP contribution in [0.4, 0.5) is 0 Å². The first kappa shape index (κ1) is 15.6. The van der Waals surface area contributed by atoms with Gasteiger partial charge in [0, 0.05) is 63.5 Å². The average Bonchev–Trinajstić information content (AvgIpc) is 2.54. The number of nitrogens with zero attached hydrogens (tertiary/aromatic N) is 3. The minimum absolute atomic E-state index is 0.664. The van der Waals surface area contributed by atoms with Gasteiger partial charge < -0.3 is 14.4 Å². The van der Waals surface area contributed by atoms with Crippen molar-refractivity contribution in [1.29, 1.82) is 0 Å². The number of likely N-dealkylation sites (N-methyl/N-ethyl adjacent to an activating group) is 1. The van der Waals surface area contributed by atoms with Gasteiger partial charge in [-0.2, -0.15) is 0 Å². The van der Waals surface area contributed by atoms with Gasteiger partial charge in [0.1, 0.15) is 11.5 Å². The van der Waals surface area contributed by atoms with E-state index in [9.17, 15) is 0 Å². The third-order valence-corrected chi connectivity index (χ3v) is 4.87. The first-order valence-corrected chi connectivity index (χ1v) is 8.05. The van der Waals surface area contributed by atoms with Gasteiger partial charge in [-0.15, -0.1) is 0 Å². The third kappa shape index (κ3) is 3.37. The molecule has 0 spiro atoms. The summed E-state index contributed by atoms with van der Waals surface area (Å²) < 4.78 is 10.8. The summed E-state index contributed by atoms with van der Waals surface area (Å²) in [6.07, 6.45) is 0. The Kier molecular flexibility index (Phi) is 4.86. The van der Waals surface area contributed by atoms with Crippen LogP contribution in [-0.4, -0.2) is 81.3 Å². The van der Waals surface area contributed by atoms with E-state index in [1.807, 2.05) is 12.1 Å². The molecule has 22 heavy (non-hydrogen) atoms. The molecule has 1 aromatic rings. The molecule has 122 valence electrons. The minimum atomic E-state index is 0.664. The molecule has 0 aliphatic carbocycles. The summed E-state index contributed by atoms with van der Waals surface area (Å²) in [5.41, 5.74) is 1.24. The highest BCUT2D eigenvalue weighted by atomic mass is 16.5. The molecule has 5 nitrogen and oxygen atoms in total. The van der Waals surface area contributed by atoms with E-state index in [1.54, 1.807) is 14.2 Å². The van der Waals surface area contributed by atoms with Crippen LogP contribution in [0.5, 0.6) is 11.5 Å². The molecule has 0 amide bonds. The maximum atomic E-state index is 5.53. The maximum Gasteiger partial charge on any atom is 0.127 e. The van der Waals surface area contributed by atoms with Crippen LogP contribution in [0.2, 0.25) is 0 Å². The largest absolute Gasteiger partial charge is 0.497 e. The van der Waals surface area contributed by atoms with Crippen molar-refractivity contribution in [1.82, 2.24) is 14.7 Å². The lowest BCUT2D eigenvalue weighted by atomic mass is 10.1. The lowest BCUT2D eigenvalue weighted by molar-refractivity contribution is 0.0173. The van der Waals surface area contributed by atoms with Crippen LogP contribution in [0.3, 0.4) is 0 Å². The molecule has 5 heteroatoms. The van der Waals surface area contributed by atoms with Crippen molar-refractivity contribution in [2.75, 3.05) is 60.5 Å². The van der Waals surface area contributed by atoms with Crippen molar-refractivity contribution in [2.24, 2.45) is 0 Å². The molecule has 2 aliphatic rings. The van der Waals surface area contributed by atoms with Gasteiger partial charge in [-0.3, -0.25) is 9.80 Å². The van der Waals surface area contributed by atoms with E-state index in [2.05, 4.69) is 27.8 Å². The number of rotatable bonds is 4. The van der Waals surface area contributed by atoms with Crippen LogP contribution in [0, 0.1) is 0 Å². The predicted octanol–water partition coefficient (Wildman–Crippen LogP) is 1.14. The minimum Gasteiger partial charge on any atom is -0.497 e. The summed E-state index contributed by atoms with van der Waals surface area (Å²) in [5.74, 6) is 1.77. The van der Waals surface area contributed by atoms with Crippen LogP contribution < -0.4 is 9.47 Å². The Morgan fingerprint density at radius 2 is 1.86 bits per heavy atom. The van der Waals surface area contributed by atoms with E-state index in [-0.39, 0.29) is 0 Å². The third-order valence-electron chi connectivity index (χ3n) is 4.87. The van der Waals surface area contributed by atoms with Crippen molar-refractivity contribution in [3.8, 4) is 11.5 Å². The topological polar surface area (TPSA) is 28.2 Å². The first-order chi connectivity index (χ1) is 10.7. The maximum absolute atomic E-state index is 5.53. The number of benzene rings is 1. The van der Waals surface area contributed by atoms with Gasteiger partial charge in [-0.05, 0) is 13.1 Å². The van der Waals surface area contributed by atoms with Crippen LogP contribution in [-0.2, 0) is 6.54 Å². The van der Waals surface area contributed by atoms with Crippen LogP contribution in [0.1, 0.15) is 5.56 Å². The van der Waals surface area contributed by atoms with E-state index < -0.39 is 0 Å². The Hall–Kier alpha value is -1.30. The second-order valence-electron chi connectivity index (χ2n) is 6.36. The Morgan fingerprint density at radius 1 is 1.05 bits per heavy atom. The zero-order valence-electron chi connectivity index (χ0n) is 13.9. The van der Waals surface area contributed by atoms with Gasteiger partial charge in [-0.25, -0.2) is 0 Å². The summed E-state index contributed by atoms with van der Waals surface area (Å²) in [6.45, 7) is 7.98. The second kappa shape index (κ2) is 6.86. The highest BCUT2D eigenvalue weighted by molar-refractivity contribution is 5.40. The molecule has 0 aromatic heterocycles. The highest BCUT2D eigenvalue weighted by Gasteiger charge is 2.30. The summed E-state index contributed by atoms with van der Waals surface area (Å²) in [4.78, 5) is 7.63. The van der Waals surface area contributed by atoms with E-state index in [4.69, 9.17) is 9.47 Å². The quantitative estimate of drug-likeness (QED) is 0.832. The Balaban J connectivity index is 1.66. The zero-order valence-corrected chi connectivity index (χ0v) is 13.9. The van der Waals surface area contributed by atoms with Crippen molar-refractivity contribution in [2.45, 2.75) is 12.6 Å². The van der Waals surface area contributed by atoms with Crippen LogP contribution in [0.15, 0.2) is 18.2 Å². The first-order valence-electron chi connectivity index (χ1n) is 8.05. The fraction of sp³-hybridized carbons (Fsp3) is 0.647. The second-order valence-corrected chi connectivity index (χ2v) is 6.36. The standard InChI is InChI=1S/C17H27N3O2/c1-18-6-8-20-9-7-19(13-15(20)12-18)11-14-4-5-16(21-2)10-17(14)22-3/h4-5,10,15H,6-9,11-13H2,1-3H3. The fourth-order valence-corrected chi connectivity index (χ4v) is 3.54. The molecule has 1 aromatic carbocycles. The fourth-order valence-electron chi connectivity index (χ4n) is 3.54. The number of fused-ring (bicyclic) bond motifs is 1. The van der Waals surface area contributed by atoms with Crippen LogP contribution in [0.25, 0.3) is 0 Å².